The fourth-order valence-electron chi connectivity index (χ4n) is 0.863. The molecule has 0 amide bonds. The molecule has 0 radical (unpaired) electrons. The molecule has 1 aromatic heterocycles. The quantitative estimate of drug-likeness (QED) is 0.618. The van der Waals surface area contributed by atoms with Gasteiger partial charge in [0, 0.05) is 13.5 Å². The number of nitrogens with zero attached hydrogens (tertiary/aromatic N) is 3. The van der Waals surface area contributed by atoms with E-state index in [-0.39, 0.29) is 0 Å². The summed E-state index contributed by atoms with van der Waals surface area (Å²) in [7, 11) is 1.75. The molecule has 5 nitrogen and oxygen atoms in total. The predicted molar refractivity (Wildman–Crippen MR) is 42.4 cm³/mol. The van der Waals surface area contributed by atoms with Crippen molar-refractivity contribution < 1.29 is 10.2 Å². The van der Waals surface area contributed by atoms with Crippen molar-refractivity contribution >= 4 is 0 Å². The molecule has 0 aliphatic heterocycles. The lowest BCUT2D eigenvalue weighted by Crippen LogP contribution is -2.26. The van der Waals surface area contributed by atoms with Gasteiger partial charge < -0.3 is 10.2 Å². The van der Waals surface area contributed by atoms with Gasteiger partial charge in [-0.1, -0.05) is 0 Å². The molecule has 12 heavy (non-hydrogen) atoms. The van der Waals surface area contributed by atoms with E-state index in [1.54, 1.807) is 18.7 Å². The van der Waals surface area contributed by atoms with E-state index in [1.165, 1.54) is 6.33 Å². The van der Waals surface area contributed by atoms with Gasteiger partial charge in [-0.2, -0.15) is 5.10 Å². The van der Waals surface area contributed by atoms with Crippen LogP contribution in [0.2, 0.25) is 0 Å². The molecule has 2 atom stereocenters. The van der Waals surface area contributed by atoms with Crippen LogP contribution >= 0.6 is 0 Å². The van der Waals surface area contributed by atoms with E-state index in [0.29, 0.717) is 12.2 Å². The van der Waals surface area contributed by atoms with Crippen LogP contribution in [0.25, 0.3) is 0 Å². The van der Waals surface area contributed by atoms with Gasteiger partial charge in [-0.15, -0.1) is 0 Å². The Labute approximate surface area is 70.7 Å². The van der Waals surface area contributed by atoms with Crippen molar-refractivity contribution in [3.05, 3.63) is 12.2 Å². The summed E-state index contributed by atoms with van der Waals surface area (Å²) >= 11 is 0. The molecule has 1 heterocycles. The van der Waals surface area contributed by atoms with E-state index >= 15 is 0 Å². The van der Waals surface area contributed by atoms with E-state index in [2.05, 4.69) is 10.1 Å². The monoisotopic (exact) mass is 171 g/mol. The minimum absolute atomic E-state index is 0.328. The van der Waals surface area contributed by atoms with Gasteiger partial charge in [-0.3, -0.25) is 4.68 Å². The zero-order chi connectivity index (χ0) is 9.14. The average Bonchev–Trinajstić information content (AvgIpc) is 2.36. The molecule has 0 saturated carbocycles. The fourth-order valence-corrected chi connectivity index (χ4v) is 0.863. The summed E-state index contributed by atoms with van der Waals surface area (Å²) in [6.45, 7) is 1.54. The Bertz CT molecular complexity index is 247. The van der Waals surface area contributed by atoms with Crippen LogP contribution in [0.3, 0.4) is 0 Å². The second-order valence-corrected chi connectivity index (χ2v) is 2.81. The third kappa shape index (κ3) is 2.02. The number of aliphatic hydroxyl groups excluding tert-OH is 2. The highest BCUT2D eigenvalue weighted by atomic mass is 16.3. The van der Waals surface area contributed by atoms with Crippen LogP contribution in [-0.2, 0) is 13.5 Å². The highest BCUT2D eigenvalue weighted by molar-refractivity contribution is 4.87. The van der Waals surface area contributed by atoms with Gasteiger partial charge >= 0.3 is 0 Å². The molecule has 5 heteroatoms. The number of rotatable bonds is 3. The maximum absolute atomic E-state index is 9.29. The Balaban J connectivity index is 2.58. The molecule has 2 unspecified atom stereocenters. The Morgan fingerprint density at radius 1 is 1.58 bits per heavy atom. The van der Waals surface area contributed by atoms with Crippen LogP contribution in [0.15, 0.2) is 6.33 Å². The molecule has 1 rings (SSSR count). The summed E-state index contributed by atoms with van der Waals surface area (Å²) in [4.78, 5) is 3.92. The first-order valence-corrected chi connectivity index (χ1v) is 3.80. The van der Waals surface area contributed by atoms with Gasteiger partial charge in [0.2, 0.25) is 0 Å². The second-order valence-electron chi connectivity index (χ2n) is 2.81. The average molecular weight is 171 g/mol. The van der Waals surface area contributed by atoms with Crippen molar-refractivity contribution in [2.45, 2.75) is 25.6 Å². The lowest BCUT2D eigenvalue weighted by Gasteiger charge is -2.11. The molecule has 0 aromatic carbocycles. The van der Waals surface area contributed by atoms with Gasteiger partial charge in [0.05, 0.1) is 12.2 Å². The van der Waals surface area contributed by atoms with Gasteiger partial charge in [0.15, 0.2) is 0 Å². The second kappa shape index (κ2) is 3.64. The lowest BCUT2D eigenvalue weighted by atomic mass is 10.1. The van der Waals surface area contributed by atoms with E-state index in [4.69, 9.17) is 5.11 Å². The third-order valence-corrected chi connectivity index (χ3v) is 1.75. The summed E-state index contributed by atoms with van der Waals surface area (Å²) in [5, 5.41) is 22.1. The Morgan fingerprint density at radius 3 is 2.67 bits per heavy atom. The predicted octanol–water partition coefficient (Wildman–Crippen LogP) is -0.901. The first-order valence-electron chi connectivity index (χ1n) is 3.80. The highest BCUT2D eigenvalue weighted by Crippen LogP contribution is 2.01. The van der Waals surface area contributed by atoms with Crippen LogP contribution in [0.1, 0.15) is 12.7 Å². The summed E-state index contributed by atoms with van der Waals surface area (Å²) in [6, 6.07) is 0. The van der Waals surface area contributed by atoms with Crippen molar-refractivity contribution in [3.63, 3.8) is 0 Å². The molecule has 0 fully saturated rings. The highest BCUT2D eigenvalue weighted by Gasteiger charge is 2.14. The first-order chi connectivity index (χ1) is 5.61. The lowest BCUT2D eigenvalue weighted by molar-refractivity contribution is 0.0302. The molecular formula is C7H13N3O2. The zero-order valence-electron chi connectivity index (χ0n) is 7.18. The SMILES string of the molecule is CC(O)C(O)Cc1ncnn1C. The van der Waals surface area contributed by atoms with Crippen LogP contribution < -0.4 is 0 Å². The largest absolute Gasteiger partial charge is 0.391 e. The molecule has 68 valence electrons. The van der Waals surface area contributed by atoms with Gasteiger partial charge in [0.1, 0.15) is 12.2 Å². The van der Waals surface area contributed by atoms with Crippen LogP contribution in [-0.4, -0.2) is 37.2 Å². The third-order valence-electron chi connectivity index (χ3n) is 1.75. The summed E-state index contributed by atoms with van der Waals surface area (Å²) < 4.78 is 1.58. The maximum atomic E-state index is 9.29. The molecule has 0 saturated heterocycles. The van der Waals surface area contributed by atoms with Gasteiger partial charge in [-0.25, -0.2) is 4.98 Å². The van der Waals surface area contributed by atoms with Crippen LogP contribution in [0.5, 0.6) is 0 Å². The molecule has 0 spiro atoms. The normalized spacial score (nSPS) is 16.0. The molecule has 0 aliphatic rings. The van der Waals surface area contributed by atoms with E-state index in [0.717, 1.165) is 0 Å². The minimum Gasteiger partial charge on any atom is -0.391 e. The summed E-state index contributed by atoms with van der Waals surface area (Å²) in [5.41, 5.74) is 0. The minimum atomic E-state index is -0.770. The van der Waals surface area contributed by atoms with Gasteiger partial charge in [0.25, 0.3) is 0 Å². The van der Waals surface area contributed by atoms with Crippen molar-refractivity contribution in [2.24, 2.45) is 7.05 Å². The van der Waals surface area contributed by atoms with Crippen molar-refractivity contribution in [1.29, 1.82) is 0 Å². The molecule has 0 bridgehead atoms. The summed E-state index contributed by atoms with van der Waals surface area (Å²) in [5.74, 6) is 0.670. The van der Waals surface area contributed by atoms with E-state index < -0.39 is 12.2 Å². The smallest absolute Gasteiger partial charge is 0.138 e. The zero-order valence-corrected chi connectivity index (χ0v) is 7.18. The van der Waals surface area contributed by atoms with Crippen molar-refractivity contribution in [2.75, 3.05) is 0 Å². The number of aryl methyl sites for hydroxylation is 1. The summed E-state index contributed by atoms with van der Waals surface area (Å²) in [6.07, 6.45) is 0.243. The van der Waals surface area contributed by atoms with Crippen molar-refractivity contribution in [3.8, 4) is 0 Å². The van der Waals surface area contributed by atoms with E-state index in [9.17, 15) is 5.11 Å². The molecule has 1 aromatic rings. The fraction of sp³-hybridized carbons (Fsp3) is 0.714. The maximum Gasteiger partial charge on any atom is 0.138 e. The standard InChI is InChI=1S/C7H13N3O2/c1-5(11)6(12)3-7-8-4-9-10(7)2/h4-6,11-12H,3H2,1-2H3. The number of hydrogen-bond donors (Lipinski definition) is 2. The van der Waals surface area contributed by atoms with Crippen molar-refractivity contribution in [1.82, 2.24) is 14.8 Å². The molecular weight excluding hydrogens is 158 g/mol. The number of aromatic nitrogens is 3. The van der Waals surface area contributed by atoms with Gasteiger partial charge in [-0.05, 0) is 6.92 Å². The Hall–Kier alpha value is -0.940. The van der Waals surface area contributed by atoms with E-state index in [1.807, 2.05) is 0 Å². The van der Waals surface area contributed by atoms with Crippen LogP contribution in [0.4, 0.5) is 0 Å². The molecule has 0 aliphatic carbocycles. The Morgan fingerprint density at radius 2 is 2.25 bits per heavy atom. The molecule has 2 N–H and O–H groups in total. The topological polar surface area (TPSA) is 71.2 Å². The van der Waals surface area contributed by atoms with Crippen LogP contribution in [0, 0.1) is 0 Å². The Kier molecular flexibility index (Phi) is 2.78. The number of aliphatic hydroxyl groups is 2. The number of hydrogen-bond acceptors (Lipinski definition) is 4. The first kappa shape index (κ1) is 9.15.